The van der Waals surface area contributed by atoms with Crippen LogP contribution in [0.2, 0.25) is 0 Å². The number of nitrogens with zero attached hydrogens (tertiary/aromatic N) is 2. The molecule has 1 aliphatic carbocycles. The largest absolute Gasteiger partial charge is 0.495 e. The van der Waals surface area contributed by atoms with Crippen molar-refractivity contribution in [2.75, 3.05) is 19.0 Å². The summed E-state index contributed by atoms with van der Waals surface area (Å²) in [6, 6.07) is 3.92. The smallest absolute Gasteiger partial charge is 0.271 e. The van der Waals surface area contributed by atoms with Gasteiger partial charge in [0, 0.05) is 25.1 Å². The Morgan fingerprint density at radius 2 is 1.89 bits per heavy atom. The van der Waals surface area contributed by atoms with Gasteiger partial charge in [-0.2, -0.15) is 0 Å². The molecule has 1 heterocycles. The molecule has 1 aromatic carbocycles. The normalized spacial score (nSPS) is 20.8. The number of ether oxygens (including phenoxy) is 1. The summed E-state index contributed by atoms with van der Waals surface area (Å²) >= 11 is 0. The zero-order valence-corrected chi connectivity index (χ0v) is 15.4. The number of benzene rings is 1. The molecule has 1 fully saturated rings. The molecule has 9 nitrogen and oxygen atoms in total. The molecule has 0 saturated carbocycles. The first-order chi connectivity index (χ1) is 13.4. The van der Waals surface area contributed by atoms with E-state index in [2.05, 4.69) is 5.32 Å². The lowest BCUT2D eigenvalue weighted by Crippen LogP contribution is -2.32. The van der Waals surface area contributed by atoms with Gasteiger partial charge in [0.15, 0.2) is 0 Å². The van der Waals surface area contributed by atoms with Crippen molar-refractivity contribution < 1.29 is 24.0 Å². The predicted octanol–water partition coefficient (Wildman–Crippen LogP) is 2.27. The number of carbonyl (C=O) groups excluding carboxylic acids is 3. The van der Waals surface area contributed by atoms with Crippen molar-refractivity contribution in [1.29, 1.82) is 0 Å². The van der Waals surface area contributed by atoms with E-state index in [1.54, 1.807) is 0 Å². The zero-order valence-electron chi connectivity index (χ0n) is 15.4. The first-order valence-corrected chi connectivity index (χ1v) is 9.05. The number of likely N-dealkylation sites (tertiary alicyclic amines) is 1. The number of hydrogen-bond donors (Lipinski definition) is 1. The maximum absolute atomic E-state index is 12.4. The monoisotopic (exact) mass is 387 g/mol. The maximum Gasteiger partial charge on any atom is 0.271 e. The minimum atomic E-state index is -0.562. The fourth-order valence-electron chi connectivity index (χ4n) is 3.61. The van der Waals surface area contributed by atoms with Gasteiger partial charge in [0.2, 0.25) is 17.7 Å². The number of fused-ring (bicyclic) bond motifs is 1. The second kappa shape index (κ2) is 8.20. The molecule has 1 aromatic rings. The summed E-state index contributed by atoms with van der Waals surface area (Å²) in [5, 5.41) is 13.5. The number of non-ortho nitro benzene ring substituents is 1. The Hall–Kier alpha value is -3.23. The van der Waals surface area contributed by atoms with E-state index < -0.39 is 4.92 Å². The fraction of sp³-hybridized carbons (Fsp3) is 0.421. The molecule has 2 aliphatic rings. The van der Waals surface area contributed by atoms with Crippen molar-refractivity contribution in [3.63, 3.8) is 0 Å². The van der Waals surface area contributed by atoms with Gasteiger partial charge in [-0.1, -0.05) is 12.2 Å². The van der Waals surface area contributed by atoms with Crippen molar-refractivity contribution >= 4 is 29.1 Å². The summed E-state index contributed by atoms with van der Waals surface area (Å²) in [6.07, 6.45) is 5.40. The highest BCUT2D eigenvalue weighted by Gasteiger charge is 2.46. The van der Waals surface area contributed by atoms with E-state index in [-0.39, 0.29) is 53.9 Å². The van der Waals surface area contributed by atoms with Crippen LogP contribution in [0.15, 0.2) is 30.4 Å². The molecule has 3 rings (SSSR count). The molecule has 3 amide bonds. The molecule has 0 bridgehead atoms. The molecule has 0 unspecified atom stereocenters. The third-order valence-electron chi connectivity index (χ3n) is 5.05. The lowest BCUT2D eigenvalue weighted by molar-refractivity contribution is -0.384. The van der Waals surface area contributed by atoms with Crippen molar-refractivity contribution in [2.45, 2.75) is 25.7 Å². The van der Waals surface area contributed by atoms with E-state index in [1.807, 2.05) is 12.2 Å². The van der Waals surface area contributed by atoms with E-state index in [4.69, 9.17) is 4.74 Å². The van der Waals surface area contributed by atoms with Crippen molar-refractivity contribution in [1.82, 2.24) is 4.90 Å². The average Bonchev–Trinajstić information content (AvgIpc) is 2.93. The van der Waals surface area contributed by atoms with Gasteiger partial charge in [0.1, 0.15) is 5.75 Å². The van der Waals surface area contributed by atoms with Gasteiger partial charge in [0.05, 0.1) is 29.6 Å². The Kier molecular flexibility index (Phi) is 5.72. The second-order valence-electron chi connectivity index (χ2n) is 6.78. The van der Waals surface area contributed by atoms with Crippen molar-refractivity contribution in [2.24, 2.45) is 11.8 Å². The van der Waals surface area contributed by atoms with Gasteiger partial charge in [-0.3, -0.25) is 29.4 Å². The van der Waals surface area contributed by atoms with Crippen LogP contribution in [0.5, 0.6) is 5.75 Å². The molecule has 28 heavy (non-hydrogen) atoms. The highest BCUT2D eigenvalue weighted by atomic mass is 16.6. The molecule has 2 atom stereocenters. The Balaban J connectivity index is 1.55. The summed E-state index contributed by atoms with van der Waals surface area (Å²) in [4.78, 5) is 48.6. The minimum absolute atomic E-state index is 0.0660. The molecule has 9 heteroatoms. The number of nitrogens with one attached hydrogen (secondary N) is 1. The highest BCUT2D eigenvalue weighted by molar-refractivity contribution is 6.05. The van der Waals surface area contributed by atoms with Crippen LogP contribution in [-0.4, -0.2) is 41.2 Å². The molecular formula is C19H21N3O6. The number of imide groups is 1. The number of allylic oxidation sites excluding steroid dienone is 2. The number of methoxy groups -OCH3 is 1. The summed E-state index contributed by atoms with van der Waals surface area (Å²) in [5.74, 6) is -0.960. The Labute approximate surface area is 161 Å². The van der Waals surface area contributed by atoms with Gasteiger partial charge >= 0.3 is 0 Å². The highest BCUT2D eigenvalue weighted by Crippen LogP contribution is 2.35. The Bertz CT molecular complexity index is 824. The standard InChI is InChI=1S/C19H21N3O6/c1-28-16-9-8-12(22(26)27)11-15(16)20-17(23)7-4-10-21-18(24)13-5-2-3-6-14(13)19(21)25/h2-3,8-9,11,13-14H,4-7,10H2,1H3,(H,20,23)/t13-,14-/m0/s1. The first-order valence-electron chi connectivity index (χ1n) is 9.05. The summed E-state index contributed by atoms with van der Waals surface area (Å²) in [5.41, 5.74) is 0.0349. The van der Waals surface area contributed by atoms with E-state index >= 15 is 0 Å². The first kappa shape index (κ1) is 19.5. The minimum Gasteiger partial charge on any atom is -0.495 e. The van der Waals surface area contributed by atoms with Gasteiger partial charge in [-0.15, -0.1) is 0 Å². The van der Waals surface area contributed by atoms with E-state index in [9.17, 15) is 24.5 Å². The lowest BCUT2D eigenvalue weighted by atomic mass is 9.85. The molecule has 1 saturated heterocycles. The summed E-state index contributed by atoms with van der Waals surface area (Å²) < 4.78 is 5.11. The third-order valence-corrected chi connectivity index (χ3v) is 5.05. The number of hydrogen-bond acceptors (Lipinski definition) is 6. The van der Waals surface area contributed by atoms with Crippen LogP contribution >= 0.6 is 0 Å². The topological polar surface area (TPSA) is 119 Å². The second-order valence-corrected chi connectivity index (χ2v) is 6.78. The van der Waals surface area contributed by atoms with Crippen LogP contribution in [-0.2, 0) is 14.4 Å². The molecule has 0 spiro atoms. The fourth-order valence-corrected chi connectivity index (χ4v) is 3.61. The van der Waals surface area contributed by atoms with Gasteiger partial charge < -0.3 is 10.1 Å². The average molecular weight is 387 g/mol. The quantitative estimate of drug-likeness (QED) is 0.332. The Morgan fingerprint density at radius 1 is 1.25 bits per heavy atom. The van der Waals surface area contributed by atoms with Crippen molar-refractivity contribution in [3.05, 3.63) is 40.5 Å². The van der Waals surface area contributed by atoms with Gasteiger partial charge in [0.25, 0.3) is 5.69 Å². The number of anilines is 1. The molecule has 1 N–H and O–H groups in total. The molecule has 148 valence electrons. The van der Waals surface area contributed by atoms with E-state index in [0.717, 1.165) is 0 Å². The summed E-state index contributed by atoms with van der Waals surface area (Å²) in [6.45, 7) is 0.185. The third kappa shape index (κ3) is 3.88. The van der Waals surface area contributed by atoms with Crippen LogP contribution in [0.4, 0.5) is 11.4 Å². The van der Waals surface area contributed by atoms with E-state index in [1.165, 1.54) is 30.2 Å². The molecular weight excluding hydrogens is 366 g/mol. The number of nitro groups is 1. The van der Waals surface area contributed by atoms with Crippen LogP contribution < -0.4 is 10.1 Å². The van der Waals surface area contributed by atoms with Crippen LogP contribution in [0.1, 0.15) is 25.7 Å². The van der Waals surface area contributed by atoms with Crippen molar-refractivity contribution in [3.8, 4) is 5.75 Å². The Morgan fingerprint density at radius 3 is 2.46 bits per heavy atom. The lowest BCUT2D eigenvalue weighted by Gasteiger charge is -2.14. The summed E-state index contributed by atoms with van der Waals surface area (Å²) in [7, 11) is 1.40. The predicted molar refractivity (Wildman–Crippen MR) is 99.6 cm³/mol. The molecule has 0 aromatic heterocycles. The number of carbonyl (C=O) groups is 3. The number of nitro benzene ring substituents is 1. The van der Waals surface area contributed by atoms with Gasteiger partial charge in [-0.05, 0) is 25.3 Å². The number of amides is 3. The van der Waals surface area contributed by atoms with Gasteiger partial charge in [-0.25, -0.2) is 0 Å². The zero-order chi connectivity index (χ0) is 20.3. The SMILES string of the molecule is COc1ccc([N+](=O)[O-])cc1NC(=O)CCCN1C(=O)[C@H]2CC=CC[C@@H]2C1=O. The van der Waals surface area contributed by atoms with Crippen LogP contribution in [0.25, 0.3) is 0 Å². The van der Waals surface area contributed by atoms with Crippen LogP contribution in [0.3, 0.4) is 0 Å². The molecule has 1 aliphatic heterocycles. The number of rotatable bonds is 7. The van der Waals surface area contributed by atoms with Crippen LogP contribution in [0, 0.1) is 22.0 Å². The van der Waals surface area contributed by atoms with E-state index in [0.29, 0.717) is 25.0 Å². The molecule has 0 radical (unpaired) electrons. The maximum atomic E-state index is 12.4.